The zero-order valence-electron chi connectivity index (χ0n) is 26.7. The molecule has 1 heterocycles. The summed E-state index contributed by atoms with van der Waals surface area (Å²) in [4.78, 5) is 56.7. The maximum atomic E-state index is 13.8. The summed E-state index contributed by atoms with van der Waals surface area (Å²) in [6, 6.07) is 4.88. The lowest BCUT2D eigenvalue weighted by Gasteiger charge is -2.26. The van der Waals surface area contributed by atoms with Crippen LogP contribution in [0.25, 0.3) is 0 Å². The number of carbonyl (C=O) groups is 4. The highest BCUT2D eigenvalue weighted by Gasteiger charge is 2.31. The summed E-state index contributed by atoms with van der Waals surface area (Å²) in [7, 11) is 5.17. The molecular weight excluding hydrogens is 612 g/mol. The van der Waals surface area contributed by atoms with E-state index in [4.69, 9.17) is 29.4 Å². The van der Waals surface area contributed by atoms with E-state index in [1.165, 1.54) is 0 Å². The first-order chi connectivity index (χ1) is 21.9. The number of nitrogens with zero attached hydrogens (tertiary/aromatic N) is 3. The van der Waals surface area contributed by atoms with E-state index in [2.05, 4.69) is 26.3 Å². The summed E-state index contributed by atoms with van der Waals surface area (Å²) < 4.78 is 3.98. The number of aliphatic imine (C=N–C) groups is 1. The van der Waals surface area contributed by atoms with Crippen LogP contribution < -0.4 is 38.5 Å². The van der Waals surface area contributed by atoms with Gasteiger partial charge in [-0.2, -0.15) is 0 Å². The number of rotatable bonds is 20. The van der Waals surface area contributed by atoms with Crippen LogP contribution in [-0.4, -0.2) is 88.2 Å². The third-order valence-corrected chi connectivity index (χ3v) is 8.06. The molecule has 11 N–H and O–H groups in total. The number of hydrogen-bond donors (Lipinski definition) is 8. The number of benzene rings is 1. The third kappa shape index (κ3) is 12.3. The molecule has 0 aliphatic heterocycles. The standard InChI is InChI=1S/C30H48N10O5S/c1-34-21(13-9-15-35-29(32)33)25(41)37-23(17-20-18-39(2)30(46)40(20)3)27(43)36-22(12-7-8-14-31)26(42)38-24(28(44)45)16-19-10-5-4-6-11-19/h4-6,10-11,18,21-24,34H,7-9,12-17,31H2,1-3H3,(H,36,43)(H,37,41)(H,38,42)(H,44,45)(H4,32,33,35). The van der Waals surface area contributed by atoms with E-state index in [9.17, 15) is 24.3 Å². The molecule has 1 aromatic carbocycles. The Bertz CT molecular complexity index is 1390. The minimum Gasteiger partial charge on any atom is -0.480 e. The minimum atomic E-state index is -1.22. The molecule has 0 saturated carbocycles. The zero-order chi connectivity index (χ0) is 34.2. The summed E-state index contributed by atoms with van der Waals surface area (Å²) in [5.74, 6) is -2.93. The number of aryl methyl sites for hydroxylation is 1. The number of nitrogens with two attached hydrogens (primary N) is 3. The highest BCUT2D eigenvalue weighted by atomic mass is 32.1. The number of imidazole rings is 1. The van der Waals surface area contributed by atoms with Crippen molar-refractivity contribution in [3.63, 3.8) is 0 Å². The molecule has 3 amide bonds. The van der Waals surface area contributed by atoms with Crippen molar-refractivity contribution in [1.82, 2.24) is 30.4 Å². The molecule has 2 rings (SSSR count). The van der Waals surface area contributed by atoms with E-state index in [0.29, 0.717) is 49.2 Å². The number of carboxylic acids is 1. The summed E-state index contributed by atoms with van der Waals surface area (Å²) in [5, 5.41) is 21.0. The van der Waals surface area contributed by atoms with Gasteiger partial charge in [0.15, 0.2) is 10.7 Å². The van der Waals surface area contributed by atoms with Gasteiger partial charge in [0.2, 0.25) is 17.7 Å². The van der Waals surface area contributed by atoms with E-state index in [0.717, 1.165) is 5.56 Å². The molecule has 0 saturated heterocycles. The molecule has 2 aromatic rings. The Hall–Kier alpha value is -4.28. The quantitative estimate of drug-likeness (QED) is 0.0380. The predicted molar refractivity (Wildman–Crippen MR) is 178 cm³/mol. The van der Waals surface area contributed by atoms with Crippen molar-refractivity contribution in [2.45, 2.75) is 69.1 Å². The van der Waals surface area contributed by atoms with Gasteiger partial charge in [0.25, 0.3) is 0 Å². The van der Waals surface area contributed by atoms with Crippen LogP contribution in [-0.2, 0) is 46.1 Å². The number of carbonyl (C=O) groups excluding carboxylic acids is 3. The van der Waals surface area contributed by atoms with Gasteiger partial charge in [-0.3, -0.25) is 19.4 Å². The van der Waals surface area contributed by atoms with Crippen LogP contribution in [0, 0.1) is 4.77 Å². The Balaban J connectivity index is 2.30. The normalized spacial score (nSPS) is 13.6. The first kappa shape index (κ1) is 37.9. The van der Waals surface area contributed by atoms with Crippen molar-refractivity contribution in [2.24, 2.45) is 36.3 Å². The Morgan fingerprint density at radius 3 is 2.02 bits per heavy atom. The number of aliphatic carboxylic acids is 1. The van der Waals surface area contributed by atoms with Crippen LogP contribution in [0.3, 0.4) is 0 Å². The fraction of sp³-hybridized carbons (Fsp3) is 0.533. The number of guanidine groups is 1. The smallest absolute Gasteiger partial charge is 0.326 e. The number of amides is 3. The maximum absolute atomic E-state index is 13.8. The molecular formula is C30H48N10O5S. The molecule has 0 aliphatic carbocycles. The van der Waals surface area contributed by atoms with Crippen molar-refractivity contribution in [3.8, 4) is 0 Å². The average molecular weight is 661 g/mol. The van der Waals surface area contributed by atoms with Gasteiger partial charge in [-0.25, -0.2) is 4.79 Å². The van der Waals surface area contributed by atoms with Crippen LogP contribution in [0.1, 0.15) is 43.4 Å². The van der Waals surface area contributed by atoms with Gasteiger partial charge >= 0.3 is 5.97 Å². The molecule has 254 valence electrons. The second kappa shape index (κ2) is 19.3. The van der Waals surface area contributed by atoms with Crippen LogP contribution in [0.2, 0.25) is 0 Å². The van der Waals surface area contributed by atoms with Gasteiger partial charge < -0.3 is 52.7 Å². The number of hydrogen-bond acceptors (Lipinski definition) is 8. The van der Waals surface area contributed by atoms with Gasteiger partial charge in [0.1, 0.15) is 18.1 Å². The molecule has 16 heteroatoms. The first-order valence-electron chi connectivity index (χ1n) is 15.2. The van der Waals surface area contributed by atoms with Gasteiger partial charge in [-0.15, -0.1) is 0 Å². The molecule has 0 spiro atoms. The van der Waals surface area contributed by atoms with Gasteiger partial charge in [-0.1, -0.05) is 30.3 Å². The number of aromatic nitrogens is 2. The molecule has 0 fully saturated rings. The lowest BCUT2D eigenvalue weighted by Crippen LogP contribution is -2.58. The van der Waals surface area contributed by atoms with Crippen LogP contribution >= 0.6 is 12.2 Å². The van der Waals surface area contributed by atoms with Gasteiger partial charge in [0, 0.05) is 45.4 Å². The fourth-order valence-electron chi connectivity index (χ4n) is 4.87. The Kier molecular flexibility index (Phi) is 15.9. The van der Waals surface area contributed by atoms with Crippen molar-refractivity contribution in [1.29, 1.82) is 0 Å². The SMILES string of the molecule is CNC(CCCN=C(N)N)C(=O)NC(Cc1cn(C)c(=S)n1C)C(=O)NC(CCCCN)C(=O)NC(Cc1ccccc1)C(=O)O. The lowest BCUT2D eigenvalue weighted by atomic mass is 10.0. The Labute approximate surface area is 274 Å². The molecule has 0 bridgehead atoms. The number of likely N-dealkylation sites (N-methyl/N-ethyl adjacent to an activating group) is 1. The molecule has 0 aliphatic rings. The highest BCUT2D eigenvalue weighted by Crippen LogP contribution is 2.10. The van der Waals surface area contributed by atoms with Gasteiger partial charge in [-0.05, 0) is 63.5 Å². The maximum Gasteiger partial charge on any atom is 0.326 e. The average Bonchev–Trinajstić information content (AvgIpc) is 3.26. The summed E-state index contributed by atoms with van der Waals surface area (Å²) in [6.07, 6.45) is 4.13. The van der Waals surface area contributed by atoms with Crippen molar-refractivity contribution >= 4 is 41.9 Å². The predicted octanol–water partition coefficient (Wildman–Crippen LogP) is -0.812. The van der Waals surface area contributed by atoms with E-state index < -0.39 is 47.9 Å². The topological polar surface area (TPSA) is 237 Å². The van der Waals surface area contributed by atoms with E-state index >= 15 is 0 Å². The summed E-state index contributed by atoms with van der Waals surface area (Å²) >= 11 is 5.42. The number of unbranched alkanes of at least 4 members (excludes halogenated alkanes) is 1. The molecule has 4 unspecified atom stereocenters. The molecule has 4 atom stereocenters. The van der Waals surface area contributed by atoms with Crippen molar-refractivity contribution < 1.29 is 24.3 Å². The zero-order valence-corrected chi connectivity index (χ0v) is 27.5. The minimum absolute atomic E-state index is 0.0428. The fourth-order valence-corrected chi connectivity index (χ4v) is 5.04. The number of carboxylic acid groups (broad SMARTS) is 1. The molecule has 46 heavy (non-hydrogen) atoms. The summed E-state index contributed by atoms with van der Waals surface area (Å²) in [5.41, 5.74) is 17.9. The Morgan fingerprint density at radius 1 is 0.870 bits per heavy atom. The van der Waals surface area contributed by atoms with E-state index in [-0.39, 0.29) is 25.2 Å². The van der Waals surface area contributed by atoms with Crippen molar-refractivity contribution in [3.05, 3.63) is 52.6 Å². The highest BCUT2D eigenvalue weighted by molar-refractivity contribution is 7.71. The lowest BCUT2D eigenvalue weighted by molar-refractivity contribution is -0.142. The third-order valence-electron chi connectivity index (χ3n) is 7.50. The largest absolute Gasteiger partial charge is 0.480 e. The van der Waals surface area contributed by atoms with Gasteiger partial charge in [0.05, 0.1) is 6.04 Å². The van der Waals surface area contributed by atoms with Crippen molar-refractivity contribution in [2.75, 3.05) is 20.1 Å². The summed E-state index contributed by atoms with van der Waals surface area (Å²) in [6.45, 7) is 0.718. The monoisotopic (exact) mass is 660 g/mol. The van der Waals surface area contributed by atoms with Crippen LogP contribution in [0.15, 0.2) is 41.5 Å². The molecule has 1 aromatic heterocycles. The Morgan fingerprint density at radius 2 is 1.46 bits per heavy atom. The molecule has 15 nitrogen and oxygen atoms in total. The molecule has 0 radical (unpaired) electrons. The number of nitrogens with one attached hydrogen (secondary N) is 4. The van der Waals surface area contributed by atoms with Crippen LogP contribution in [0.5, 0.6) is 0 Å². The second-order valence-corrected chi connectivity index (χ2v) is 11.4. The van der Waals surface area contributed by atoms with Crippen LogP contribution in [0.4, 0.5) is 0 Å². The van der Waals surface area contributed by atoms with E-state index in [1.807, 2.05) is 6.07 Å². The van der Waals surface area contributed by atoms with E-state index in [1.54, 1.807) is 60.7 Å². The first-order valence-corrected chi connectivity index (χ1v) is 15.6. The second-order valence-electron chi connectivity index (χ2n) is 11.1.